The minimum atomic E-state index is 0.190. The van der Waals surface area contributed by atoms with E-state index in [1.807, 2.05) is 37.4 Å². The Morgan fingerprint density at radius 1 is 1.26 bits per heavy atom. The van der Waals surface area contributed by atoms with Crippen LogP contribution in [0.5, 0.6) is 0 Å². The minimum absolute atomic E-state index is 0.190. The molecular formula is C16H26N2O3S2. The van der Waals surface area contributed by atoms with Crippen molar-refractivity contribution in [3.63, 3.8) is 0 Å². The molecule has 1 aromatic heterocycles. The van der Waals surface area contributed by atoms with Gasteiger partial charge in [-0.15, -0.1) is 0 Å². The molecule has 0 radical (unpaired) electrons. The van der Waals surface area contributed by atoms with Crippen molar-refractivity contribution in [1.82, 2.24) is 10.5 Å². The van der Waals surface area contributed by atoms with E-state index in [1.54, 1.807) is 0 Å². The number of hydrogen-bond acceptors (Lipinski definition) is 7. The SMILES string of the molecule is Cc1noc(C)c1CO[C@H]1CCOC[C@H]1NC1CSCCSC1. The third-order valence-corrected chi connectivity index (χ3v) is 6.90. The molecule has 0 aliphatic carbocycles. The van der Waals surface area contributed by atoms with Gasteiger partial charge in [0, 0.05) is 41.2 Å². The molecule has 2 aliphatic heterocycles. The van der Waals surface area contributed by atoms with Gasteiger partial charge >= 0.3 is 0 Å². The Labute approximate surface area is 146 Å². The summed E-state index contributed by atoms with van der Waals surface area (Å²) in [7, 11) is 0. The Bertz CT molecular complexity index is 470. The number of ether oxygens (including phenoxy) is 2. The minimum Gasteiger partial charge on any atom is -0.380 e. The first-order chi connectivity index (χ1) is 11.2. The number of rotatable bonds is 5. The Balaban J connectivity index is 1.55. The average Bonchev–Trinajstić information content (AvgIpc) is 2.76. The molecule has 7 heteroatoms. The van der Waals surface area contributed by atoms with Gasteiger partial charge in [0.25, 0.3) is 0 Å². The van der Waals surface area contributed by atoms with Crippen LogP contribution in [-0.2, 0) is 16.1 Å². The van der Waals surface area contributed by atoms with E-state index < -0.39 is 0 Å². The van der Waals surface area contributed by atoms with Crippen molar-refractivity contribution < 1.29 is 14.0 Å². The van der Waals surface area contributed by atoms with Crippen molar-refractivity contribution in [3.8, 4) is 0 Å². The van der Waals surface area contributed by atoms with Gasteiger partial charge in [-0.05, 0) is 20.3 Å². The number of thioether (sulfide) groups is 2. The predicted molar refractivity (Wildman–Crippen MR) is 95.4 cm³/mol. The van der Waals surface area contributed by atoms with Crippen molar-refractivity contribution in [3.05, 3.63) is 17.0 Å². The van der Waals surface area contributed by atoms with Crippen molar-refractivity contribution in [2.45, 2.75) is 45.1 Å². The average molecular weight is 359 g/mol. The van der Waals surface area contributed by atoms with Gasteiger partial charge in [-0.1, -0.05) is 5.16 Å². The van der Waals surface area contributed by atoms with E-state index in [9.17, 15) is 0 Å². The van der Waals surface area contributed by atoms with Gasteiger partial charge in [0.05, 0.1) is 31.1 Å². The van der Waals surface area contributed by atoms with E-state index in [0.717, 1.165) is 36.7 Å². The third kappa shape index (κ3) is 4.89. The summed E-state index contributed by atoms with van der Waals surface area (Å²) in [5.41, 5.74) is 2.01. The molecule has 2 saturated heterocycles. The molecule has 3 heterocycles. The van der Waals surface area contributed by atoms with Crippen molar-refractivity contribution in [2.75, 3.05) is 36.2 Å². The standard InChI is InChI=1S/C16H26N2O3S2/c1-11-14(12(2)21-18-11)7-20-16-3-4-19-8-15(16)17-13-9-22-5-6-23-10-13/h13,15-17H,3-10H2,1-2H3/t15-,16+/m1/s1. The van der Waals surface area contributed by atoms with E-state index in [0.29, 0.717) is 12.6 Å². The maximum Gasteiger partial charge on any atom is 0.139 e. The maximum atomic E-state index is 6.22. The topological polar surface area (TPSA) is 56.5 Å². The number of aryl methyl sites for hydroxylation is 2. The Kier molecular flexibility index (Phi) is 6.71. The molecule has 2 aliphatic rings. The van der Waals surface area contributed by atoms with Gasteiger partial charge in [0.2, 0.25) is 0 Å². The van der Waals surface area contributed by atoms with Crippen LogP contribution >= 0.6 is 23.5 Å². The highest BCUT2D eigenvalue weighted by Gasteiger charge is 2.29. The van der Waals surface area contributed by atoms with E-state index in [2.05, 4.69) is 10.5 Å². The van der Waals surface area contributed by atoms with Gasteiger partial charge in [-0.25, -0.2) is 0 Å². The summed E-state index contributed by atoms with van der Waals surface area (Å²) in [6, 6.07) is 0.817. The van der Waals surface area contributed by atoms with Crippen LogP contribution in [0.15, 0.2) is 4.52 Å². The fraction of sp³-hybridized carbons (Fsp3) is 0.812. The molecule has 0 unspecified atom stereocenters. The van der Waals surface area contributed by atoms with Gasteiger partial charge < -0.3 is 19.3 Å². The predicted octanol–water partition coefficient (Wildman–Crippen LogP) is 2.40. The van der Waals surface area contributed by atoms with Crippen LogP contribution in [0.25, 0.3) is 0 Å². The normalized spacial score (nSPS) is 27.0. The molecule has 23 heavy (non-hydrogen) atoms. The number of nitrogens with one attached hydrogen (secondary N) is 1. The summed E-state index contributed by atoms with van der Waals surface area (Å²) in [4.78, 5) is 0. The Morgan fingerprint density at radius 2 is 2.04 bits per heavy atom. The zero-order chi connectivity index (χ0) is 16.1. The largest absolute Gasteiger partial charge is 0.380 e. The van der Waals surface area contributed by atoms with Crippen molar-refractivity contribution in [2.24, 2.45) is 0 Å². The number of aromatic nitrogens is 1. The van der Waals surface area contributed by atoms with E-state index in [4.69, 9.17) is 14.0 Å². The lowest BCUT2D eigenvalue weighted by Crippen LogP contribution is -2.53. The fourth-order valence-corrected chi connectivity index (χ4v) is 5.41. The summed E-state index contributed by atoms with van der Waals surface area (Å²) in [6.07, 6.45) is 1.13. The maximum absolute atomic E-state index is 6.22. The summed E-state index contributed by atoms with van der Waals surface area (Å²) < 4.78 is 17.1. The molecule has 5 nitrogen and oxygen atoms in total. The number of hydrogen-bond donors (Lipinski definition) is 1. The molecular weight excluding hydrogens is 332 g/mol. The van der Waals surface area contributed by atoms with Crippen LogP contribution in [0.1, 0.15) is 23.4 Å². The first kappa shape index (κ1) is 17.6. The second-order valence-corrected chi connectivity index (χ2v) is 8.44. The summed E-state index contributed by atoms with van der Waals surface area (Å²) in [6.45, 7) is 5.99. The Hall–Kier alpha value is -0.210. The molecule has 2 fully saturated rings. The highest BCUT2D eigenvalue weighted by molar-refractivity contribution is 8.03. The van der Waals surface area contributed by atoms with Crippen molar-refractivity contribution >= 4 is 23.5 Å². The van der Waals surface area contributed by atoms with Crippen LogP contribution < -0.4 is 5.32 Å². The molecule has 0 aromatic carbocycles. The quantitative estimate of drug-likeness (QED) is 0.867. The third-order valence-electron chi connectivity index (χ3n) is 4.38. The van der Waals surface area contributed by atoms with Gasteiger partial charge in [-0.2, -0.15) is 23.5 Å². The van der Waals surface area contributed by atoms with E-state index in [-0.39, 0.29) is 12.1 Å². The molecule has 3 rings (SSSR count). The van der Waals surface area contributed by atoms with Gasteiger partial charge in [-0.3, -0.25) is 0 Å². The molecule has 2 atom stereocenters. The second kappa shape index (κ2) is 8.76. The molecule has 130 valence electrons. The van der Waals surface area contributed by atoms with E-state index in [1.165, 1.54) is 23.0 Å². The Morgan fingerprint density at radius 3 is 2.74 bits per heavy atom. The van der Waals surface area contributed by atoms with Gasteiger partial charge in [0.15, 0.2) is 0 Å². The van der Waals surface area contributed by atoms with Crippen LogP contribution in [0.3, 0.4) is 0 Å². The van der Waals surface area contributed by atoms with E-state index >= 15 is 0 Å². The van der Waals surface area contributed by atoms with Crippen LogP contribution in [0, 0.1) is 13.8 Å². The fourth-order valence-electron chi connectivity index (χ4n) is 2.99. The molecule has 1 N–H and O–H groups in total. The zero-order valence-corrected chi connectivity index (χ0v) is 15.5. The second-order valence-electron chi connectivity index (χ2n) is 6.14. The lowest BCUT2D eigenvalue weighted by Gasteiger charge is -2.34. The summed E-state index contributed by atoms with van der Waals surface area (Å²) in [5, 5.41) is 7.78. The van der Waals surface area contributed by atoms with Gasteiger partial charge in [0.1, 0.15) is 5.76 Å². The molecule has 1 aromatic rings. The lowest BCUT2D eigenvalue weighted by atomic mass is 10.1. The lowest BCUT2D eigenvalue weighted by molar-refractivity contribution is -0.0645. The van der Waals surface area contributed by atoms with Crippen LogP contribution in [0.2, 0.25) is 0 Å². The summed E-state index contributed by atoms with van der Waals surface area (Å²) >= 11 is 4.09. The summed E-state index contributed by atoms with van der Waals surface area (Å²) in [5.74, 6) is 5.74. The highest BCUT2D eigenvalue weighted by Crippen LogP contribution is 2.21. The molecule has 0 spiro atoms. The zero-order valence-electron chi connectivity index (χ0n) is 13.9. The van der Waals surface area contributed by atoms with Crippen molar-refractivity contribution in [1.29, 1.82) is 0 Å². The monoisotopic (exact) mass is 358 g/mol. The molecule has 0 saturated carbocycles. The number of nitrogens with zero attached hydrogens (tertiary/aromatic N) is 1. The molecule has 0 bridgehead atoms. The highest BCUT2D eigenvalue weighted by atomic mass is 32.2. The molecule has 0 amide bonds. The first-order valence-electron chi connectivity index (χ1n) is 8.26. The van der Waals surface area contributed by atoms with Crippen LogP contribution in [0.4, 0.5) is 0 Å². The smallest absolute Gasteiger partial charge is 0.139 e. The first-order valence-corrected chi connectivity index (χ1v) is 10.6. The van der Waals surface area contributed by atoms with Crippen LogP contribution in [-0.4, -0.2) is 59.6 Å².